The highest BCUT2D eigenvalue weighted by molar-refractivity contribution is 5.86. The lowest BCUT2D eigenvalue weighted by Crippen LogP contribution is -2.37. The van der Waals surface area contributed by atoms with Crippen LogP contribution >= 0.6 is 0 Å². The van der Waals surface area contributed by atoms with E-state index in [1.54, 1.807) is 4.68 Å². The van der Waals surface area contributed by atoms with Crippen LogP contribution in [0.2, 0.25) is 0 Å². The van der Waals surface area contributed by atoms with Gasteiger partial charge in [0.2, 0.25) is 5.91 Å². The molecule has 0 saturated carbocycles. The molecule has 6 heteroatoms. The van der Waals surface area contributed by atoms with Crippen molar-refractivity contribution in [3.8, 4) is 5.69 Å². The van der Waals surface area contributed by atoms with Crippen molar-refractivity contribution < 1.29 is 4.79 Å². The van der Waals surface area contributed by atoms with Gasteiger partial charge in [-0.2, -0.15) is 0 Å². The standard InChI is InChI=1S/C23H26N4O2/c1-17-20(23(29)27(25(17)2)19-13-7-4-8-14-19)24-21(18-11-5-3-6-12-18)22(28)26-15-9-10-16-26/h3-8,11-14,21,24H,9-10,15-16H2,1-2H3. The number of amides is 1. The number of para-hydroxylation sites is 1. The summed E-state index contributed by atoms with van der Waals surface area (Å²) in [7, 11) is 1.86. The number of hydrogen-bond donors (Lipinski definition) is 1. The number of nitrogens with zero attached hydrogens (tertiary/aromatic N) is 3. The monoisotopic (exact) mass is 390 g/mol. The first-order chi connectivity index (χ1) is 14.1. The first-order valence-electron chi connectivity index (χ1n) is 10.0. The molecule has 150 valence electrons. The average Bonchev–Trinajstić information content (AvgIpc) is 3.36. The van der Waals surface area contributed by atoms with E-state index in [-0.39, 0.29) is 11.5 Å². The lowest BCUT2D eigenvalue weighted by molar-refractivity contribution is -0.131. The largest absolute Gasteiger partial charge is 0.364 e. The SMILES string of the molecule is Cc1c(NC(C(=O)N2CCCC2)c2ccccc2)c(=O)n(-c2ccccc2)n1C. The Morgan fingerprint density at radius 2 is 1.55 bits per heavy atom. The maximum atomic E-state index is 13.3. The highest BCUT2D eigenvalue weighted by Gasteiger charge is 2.30. The average molecular weight is 390 g/mol. The van der Waals surface area contributed by atoms with Gasteiger partial charge in [-0.05, 0) is 37.5 Å². The van der Waals surface area contributed by atoms with Crippen LogP contribution in [-0.4, -0.2) is 33.3 Å². The molecular formula is C23H26N4O2. The van der Waals surface area contributed by atoms with E-state index in [1.165, 1.54) is 0 Å². The third-order valence-corrected chi connectivity index (χ3v) is 5.64. The lowest BCUT2D eigenvalue weighted by atomic mass is 10.1. The van der Waals surface area contributed by atoms with E-state index in [0.29, 0.717) is 5.69 Å². The van der Waals surface area contributed by atoms with Crippen LogP contribution < -0.4 is 10.9 Å². The minimum atomic E-state index is -0.590. The van der Waals surface area contributed by atoms with E-state index in [0.717, 1.165) is 42.9 Å². The van der Waals surface area contributed by atoms with Gasteiger partial charge in [0.05, 0.1) is 11.4 Å². The van der Waals surface area contributed by atoms with E-state index in [1.807, 2.05) is 84.2 Å². The Balaban J connectivity index is 1.75. The number of rotatable bonds is 5. The zero-order valence-corrected chi connectivity index (χ0v) is 16.8. The van der Waals surface area contributed by atoms with E-state index in [9.17, 15) is 9.59 Å². The van der Waals surface area contributed by atoms with Crippen molar-refractivity contribution in [1.82, 2.24) is 14.3 Å². The van der Waals surface area contributed by atoms with Crippen molar-refractivity contribution in [1.29, 1.82) is 0 Å². The zero-order valence-electron chi connectivity index (χ0n) is 16.8. The van der Waals surface area contributed by atoms with Crippen LogP contribution in [0.25, 0.3) is 5.69 Å². The van der Waals surface area contributed by atoms with Gasteiger partial charge in [-0.3, -0.25) is 14.3 Å². The van der Waals surface area contributed by atoms with Gasteiger partial charge in [-0.1, -0.05) is 48.5 Å². The van der Waals surface area contributed by atoms with E-state index < -0.39 is 6.04 Å². The van der Waals surface area contributed by atoms with Crippen LogP contribution in [0.4, 0.5) is 5.69 Å². The van der Waals surface area contributed by atoms with Crippen LogP contribution in [0.1, 0.15) is 30.1 Å². The Kier molecular flexibility index (Phi) is 5.25. The van der Waals surface area contributed by atoms with Crippen LogP contribution in [0.5, 0.6) is 0 Å². The molecule has 1 aliphatic heterocycles. The lowest BCUT2D eigenvalue weighted by Gasteiger charge is -2.24. The Hall–Kier alpha value is -3.28. The molecule has 29 heavy (non-hydrogen) atoms. The molecule has 2 heterocycles. The van der Waals surface area contributed by atoms with E-state index in [2.05, 4.69) is 5.32 Å². The number of likely N-dealkylation sites (tertiary alicyclic amines) is 1. The van der Waals surface area contributed by atoms with E-state index >= 15 is 0 Å². The Labute approximate surface area is 170 Å². The molecule has 6 nitrogen and oxygen atoms in total. The van der Waals surface area contributed by atoms with Crippen molar-refractivity contribution in [2.24, 2.45) is 7.05 Å². The summed E-state index contributed by atoms with van der Waals surface area (Å²) in [5.74, 6) is 0.0163. The summed E-state index contributed by atoms with van der Waals surface area (Å²) in [6, 6.07) is 18.6. The maximum absolute atomic E-state index is 13.3. The van der Waals surface area contributed by atoms with E-state index in [4.69, 9.17) is 0 Å². The minimum absolute atomic E-state index is 0.0163. The third-order valence-electron chi connectivity index (χ3n) is 5.64. The molecule has 4 rings (SSSR count). The van der Waals surface area contributed by atoms with Crippen molar-refractivity contribution in [2.45, 2.75) is 25.8 Å². The minimum Gasteiger partial charge on any atom is -0.364 e. The Bertz CT molecular complexity index is 1050. The molecular weight excluding hydrogens is 364 g/mol. The predicted octanol–water partition coefficient (Wildman–Crippen LogP) is 3.26. The summed E-state index contributed by atoms with van der Waals surface area (Å²) in [5.41, 5.74) is 2.73. The summed E-state index contributed by atoms with van der Waals surface area (Å²) < 4.78 is 3.45. The molecule has 1 N–H and O–H groups in total. The number of carbonyl (C=O) groups excluding carboxylic acids is 1. The number of carbonyl (C=O) groups is 1. The summed E-state index contributed by atoms with van der Waals surface area (Å²) in [4.78, 5) is 28.4. The molecule has 3 aromatic rings. The fourth-order valence-corrected chi connectivity index (χ4v) is 3.93. The summed E-state index contributed by atoms with van der Waals surface area (Å²) in [6.45, 7) is 3.43. The van der Waals surface area contributed by atoms with Gasteiger partial charge in [-0.15, -0.1) is 0 Å². The predicted molar refractivity (Wildman–Crippen MR) is 114 cm³/mol. The van der Waals surface area contributed by atoms with Gasteiger partial charge in [0.15, 0.2) is 0 Å². The Morgan fingerprint density at radius 1 is 0.966 bits per heavy atom. The smallest absolute Gasteiger partial charge is 0.295 e. The van der Waals surface area contributed by atoms with Crippen LogP contribution in [-0.2, 0) is 11.8 Å². The van der Waals surface area contributed by atoms with Crippen molar-refractivity contribution >= 4 is 11.6 Å². The van der Waals surface area contributed by atoms with Gasteiger partial charge in [0.25, 0.3) is 5.56 Å². The number of nitrogens with one attached hydrogen (secondary N) is 1. The first kappa shape index (κ1) is 19.1. The second-order valence-corrected chi connectivity index (χ2v) is 7.46. The molecule has 1 fully saturated rings. The maximum Gasteiger partial charge on any atom is 0.295 e. The fourth-order valence-electron chi connectivity index (χ4n) is 3.93. The van der Waals surface area contributed by atoms with Gasteiger partial charge in [-0.25, -0.2) is 4.68 Å². The van der Waals surface area contributed by atoms with Crippen LogP contribution in [0, 0.1) is 6.92 Å². The highest BCUT2D eigenvalue weighted by atomic mass is 16.2. The highest BCUT2D eigenvalue weighted by Crippen LogP contribution is 2.25. The van der Waals surface area contributed by atoms with Crippen molar-refractivity contribution in [2.75, 3.05) is 18.4 Å². The molecule has 1 amide bonds. The molecule has 0 radical (unpaired) electrons. The first-order valence-corrected chi connectivity index (χ1v) is 10.0. The quantitative estimate of drug-likeness (QED) is 0.727. The van der Waals surface area contributed by atoms with Gasteiger partial charge in [0, 0.05) is 20.1 Å². The van der Waals surface area contributed by atoms with Crippen LogP contribution in [0.15, 0.2) is 65.5 Å². The van der Waals surface area contributed by atoms with Crippen molar-refractivity contribution in [3.63, 3.8) is 0 Å². The topological polar surface area (TPSA) is 59.3 Å². The molecule has 1 unspecified atom stereocenters. The summed E-state index contributed by atoms with van der Waals surface area (Å²) in [5, 5.41) is 3.29. The molecule has 0 aliphatic carbocycles. The molecule has 1 saturated heterocycles. The van der Waals surface area contributed by atoms with Gasteiger partial charge >= 0.3 is 0 Å². The zero-order chi connectivity index (χ0) is 20.4. The second kappa shape index (κ2) is 7.99. The fraction of sp³-hybridized carbons (Fsp3) is 0.304. The number of anilines is 1. The summed E-state index contributed by atoms with van der Waals surface area (Å²) in [6.07, 6.45) is 2.05. The third kappa shape index (κ3) is 3.58. The van der Waals surface area contributed by atoms with Crippen molar-refractivity contribution in [3.05, 3.63) is 82.3 Å². The van der Waals surface area contributed by atoms with Gasteiger partial charge in [0.1, 0.15) is 11.7 Å². The number of hydrogen-bond acceptors (Lipinski definition) is 3. The van der Waals surface area contributed by atoms with Crippen LogP contribution in [0.3, 0.4) is 0 Å². The number of aromatic nitrogens is 2. The molecule has 2 aromatic carbocycles. The summed E-state index contributed by atoms with van der Waals surface area (Å²) >= 11 is 0. The molecule has 1 aliphatic rings. The normalized spacial score (nSPS) is 14.8. The molecule has 1 aromatic heterocycles. The molecule has 0 spiro atoms. The molecule has 1 atom stereocenters. The molecule has 0 bridgehead atoms. The van der Waals surface area contributed by atoms with Gasteiger partial charge < -0.3 is 10.2 Å². The number of benzene rings is 2. The Morgan fingerprint density at radius 3 is 2.17 bits per heavy atom. The second-order valence-electron chi connectivity index (χ2n) is 7.46.